The van der Waals surface area contributed by atoms with E-state index in [1.165, 1.54) is 54.7 Å². The minimum atomic E-state index is -4.65. The zero-order chi connectivity index (χ0) is 25.2. The SMILES string of the molecule is CC(C)c1ccc(NC(=O)Nc2cccnc2Oc2ccccc2C2(C(F)(F)F)CCO2)c(F)c1. The molecule has 2 aromatic carbocycles. The van der Waals surface area contributed by atoms with E-state index in [4.69, 9.17) is 9.47 Å². The highest BCUT2D eigenvalue weighted by atomic mass is 19.4. The number of nitrogens with zero attached hydrogens (tertiary/aromatic N) is 1. The molecule has 1 fully saturated rings. The topological polar surface area (TPSA) is 72.5 Å². The van der Waals surface area contributed by atoms with Crippen molar-refractivity contribution in [1.82, 2.24) is 4.98 Å². The molecule has 0 saturated carbocycles. The predicted octanol–water partition coefficient (Wildman–Crippen LogP) is 6.96. The van der Waals surface area contributed by atoms with E-state index in [9.17, 15) is 22.4 Å². The summed E-state index contributed by atoms with van der Waals surface area (Å²) in [4.78, 5) is 16.6. The zero-order valence-electron chi connectivity index (χ0n) is 18.9. The summed E-state index contributed by atoms with van der Waals surface area (Å²) in [6, 6.07) is 12.3. The quantitative estimate of drug-likeness (QED) is 0.367. The fourth-order valence-corrected chi connectivity index (χ4v) is 3.72. The molecule has 1 unspecified atom stereocenters. The molecular formula is C25H23F4N3O3. The van der Waals surface area contributed by atoms with Crippen LogP contribution in [0.5, 0.6) is 11.6 Å². The lowest BCUT2D eigenvalue weighted by atomic mass is 9.85. The van der Waals surface area contributed by atoms with Gasteiger partial charge in [0.25, 0.3) is 0 Å². The van der Waals surface area contributed by atoms with E-state index < -0.39 is 23.6 Å². The first-order valence-electron chi connectivity index (χ1n) is 10.9. The monoisotopic (exact) mass is 489 g/mol. The first-order chi connectivity index (χ1) is 16.6. The van der Waals surface area contributed by atoms with Gasteiger partial charge < -0.3 is 20.1 Å². The second kappa shape index (κ2) is 9.53. The highest BCUT2D eigenvalue weighted by Gasteiger charge is 2.62. The van der Waals surface area contributed by atoms with Gasteiger partial charge in [0, 0.05) is 18.2 Å². The van der Waals surface area contributed by atoms with Crippen molar-refractivity contribution in [2.24, 2.45) is 0 Å². The number of carbonyl (C=O) groups excluding carboxylic acids is 1. The van der Waals surface area contributed by atoms with Gasteiger partial charge in [0.15, 0.2) is 5.60 Å². The van der Waals surface area contributed by atoms with E-state index in [-0.39, 0.29) is 47.5 Å². The van der Waals surface area contributed by atoms with Gasteiger partial charge in [-0.15, -0.1) is 0 Å². The van der Waals surface area contributed by atoms with E-state index >= 15 is 0 Å². The summed E-state index contributed by atoms with van der Waals surface area (Å²) in [5, 5.41) is 4.92. The van der Waals surface area contributed by atoms with Crippen LogP contribution < -0.4 is 15.4 Å². The summed E-state index contributed by atoms with van der Waals surface area (Å²) >= 11 is 0. The molecule has 2 N–H and O–H groups in total. The molecule has 10 heteroatoms. The van der Waals surface area contributed by atoms with Gasteiger partial charge in [-0.2, -0.15) is 13.2 Å². The molecular weight excluding hydrogens is 466 g/mol. The smallest absolute Gasteiger partial charge is 0.421 e. The molecule has 1 aliphatic heterocycles. The molecule has 3 aromatic rings. The average molecular weight is 489 g/mol. The summed E-state index contributed by atoms with van der Waals surface area (Å²) in [5.41, 5.74) is -1.83. The Kier molecular flexibility index (Phi) is 6.66. The lowest BCUT2D eigenvalue weighted by Crippen LogP contribution is -2.52. The number of hydrogen-bond acceptors (Lipinski definition) is 4. The lowest BCUT2D eigenvalue weighted by molar-refractivity contribution is -0.333. The summed E-state index contributed by atoms with van der Waals surface area (Å²) < 4.78 is 66.6. The number of pyridine rings is 1. The van der Waals surface area contributed by atoms with Crippen molar-refractivity contribution in [3.8, 4) is 11.6 Å². The summed E-state index contributed by atoms with van der Waals surface area (Å²) in [6.07, 6.45) is -3.52. The van der Waals surface area contributed by atoms with E-state index in [0.717, 1.165) is 5.56 Å². The van der Waals surface area contributed by atoms with Gasteiger partial charge in [0.05, 0.1) is 12.3 Å². The van der Waals surface area contributed by atoms with Crippen molar-refractivity contribution < 1.29 is 31.8 Å². The number of halogens is 4. The highest BCUT2D eigenvalue weighted by molar-refractivity contribution is 6.00. The lowest BCUT2D eigenvalue weighted by Gasteiger charge is -2.43. The molecule has 0 radical (unpaired) electrons. The first-order valence-corrected chi connectivity index (χ1v) is 10.9. The van der Waals surface area contributed by atoms with Crippen LogP contribution in [0.3, 0.4) is 0 Å². The van der Waals surface area contributed by atoms with Crippen molar-refractivity contribution in [2.75, 3.05) is 17.2 Å². The molecule has 1 saturated heterocycles. The van der Waals surface area contributed by atoms with Crippen molar-refractivity contribution in [2.45, 2.75) is 38.0 Å². The van der Waals surface area contributed by atoms with Crippen molar-refractivity contribution in [1.29, 1.82) is 0 Å². The number of nitrogens with one attached hydrogen (secondary N) is 2. The molecule has 0 bridgehead atoms. The Bertz CT molecular complexity index is 1230. The van der Waals surface area contributed by atoms with E-state index in [2.05, 4.69) is 15.6 Å². The average Bonchev–Trinajstić information content (AvgIpc) is 2.75. The zero-order valence-corrected chi connectivity index (χ0v) is 18.9. The van der Waals surface area contributed by atoms with Crippen LogP contribution in [-0.2, 0) is 10.3 Å². The third-order valence-electron chi connectivity index (χ3n) is 5.72. The Labute approximate surface area is 199 Å². The number of amides is 2. The molecule has 0 spiro atoms. The van der Waals surface area contributed by atoms with E-state index in [0.29, 0.717) is 0 Å². The van der Waals surface area contributed by atoms with Gasteiger partial charge >= 0.3 is 12.2 Å². The van der Waals surface area contributed by atoms with Crippen LogP contribution in [0.25, 0.3) is 0 Å². The predicted molar refractivity (Wildman–Crippen MR) is 122 cm³/mol. The number of benzene rings is 2. The maximum Gasteiger partial charge on any atom is 0.421 e. The Balaban J connectivity index is 1.55. The van der Waals surface area contributed by atoms with Crippen molar-refractivity contribution >= 4 is 17.4 Å². The van der Waals surface area contributed by atoms with Crippen molar-refractivity contribution in [3.05, 3.63) is 77.7 Å². The Morgan fingerprint density at radius 2 is 1.80 bits per heavy atom. The van der Waals surface area contributed by atoms with Crippen molar-refractivity contribution in [3.63, 3.8) is 0 Å². The molecule has 2 heterocycles. The molecule has 1 aromatic heterocycles. The second-order valence-corrected chi connectivity index (χ2v) is 8.35. The highest BCUT2D eigenvalue weighted by Crippen LogP contribution is 2.53. The van der Waals surface area contributed by atoms with Gasteiger partial charge in [-0.1, -0.05) is 38.1 Å². The van der Waals surface area contributed by atoms with Gasteiger partial charge in [0.2, 0.25) is 5.88 Å². The number of alkyl halides is 3. The largest absolute Gasteiger partial charge is 0.437 e. The summed E-state index contributed by atoms with van der Waals surface area (Å²) in [7, 11) is 0. The number of carbonyl (C=O) groups is 1. The molecule has 184 valence electrons. The van der Waals surface area contributed by atoms with Crippen LogP contribution in [0.2, 0.25) is 0 Å². The minimum absolute atomic E-state index is 0.0287. The number of hydrogen-bond donors (Lipinski definition) is 2. The van der Waals surface area contributed by atoms with E-state index in [1.54, 1.807) is 6.07 Å². The number of urea groups is 1. The Morgan fingerprint density at radius 1 is 1.09 bits per heavy atom. The molecule has 1 atom stereocenters. The molecule has 4 rings (SSSR count). The van der Waals surface area contributed by atoms with Crippen LogP contribution in [0.4, 0.5) is 33.7 Å². The molecule has 35 heavy (non-hydrogen) atoms. The normalized spacial score (nSPS) is 17.6. The first kappa shape index (κ1) is 24.5. The second-order valence-electron chi connectivity index (χ2n) is 8.35. The maximum atomic E-state index is 14.4. The fraction of sp³-hybridized carbons (Fsp3) is 0.280. The molecule has 6 nitrogen and oxygen atoms in total. The van der Waals surface area contributed by atoms with Crippen LogP contribution in [0.15, 0.2) is 60.8 Å². The molecule has 1 aliphatic rings. The standard InChI is InChI=1S/C25H23F4N3O3/c1-15(2)16-9-10-19(18(26)14-16)31-23(33)32-20-7-5-12-30-22(20)35-21-8-4-3-6-17(21)24(11-13-34-24)25(27,28)29/h3-10,12,14-15H,11,13H2,1-2H3,(H2,31,32,33). The third kappa shape index (κ3) is 4.93. The van der Waals surface area contributed by atoms with Crippen LogP contribution >= 0.6 is 0 Å². The fourth-order valence-electron chi connectivity index (χ4n) is 3.72. The van der Waals surface area contributed by atoms with Crippen LogP contribution in [-0.4, -0.2) is 23.8 Å². The van der Waals surface area contributed by atoms with Gasteiger partial charge in [-0.05, 0) is 41.8 Å². The van der Waals surface area contributed by atoms with Crippen LogP contribution in [0.1, 0.15) is 37.3 Å². The van der Waals surface area contributed by atoms with E-state index in [1.807, 2.05) is 13.8 Å². The Hall–Kier alpha value is -3.66. The number of aromatic nitrogens is 1. The number of para-hydroxylation sites is 1. The summed E-state index contributed by atoms with van der Waals surface area (Å²) in [5.74, 6) is -0.725. The number of anilines is 2. The van der Waals surface area contributed by atoms with Gasteiger partial charge in [-0.3, -0.25) is 0 Å². The molecule has 0 aliphatic carbocycles. The van der Waals surface area contributed by atoms with Crippen LogP contribution in [0, 0.1) is 5.82 Å². The van der Waals surface area contributed by atoms with Gasteiger partial charge in [0.1, 0.15) is 17.3 Å². The number of ether oxygens (including phenoxy) is 2. The molecule has 2 amide bonds. The Morgan fingerprint density at radius 3 is 2.43 bits per heavy atom. The van der Waals surface area contributed by atoms with Gasteiger partial charge in [-0.25, -0.2) is 14.2 Å². The minimum Gasteiger partial charge on any atom is -0.437 e. The maximum absolute atomic E-state index is 14.4. The number of rotatable bonds is 6. The summed E-state index contributed by atoms with van der Waals surface area (Å²) in [6.45, 7) is 3.81. The third-order valence-corrected chi connectivity index (χ3v) is 5.72.